The molecule has 21 heavy (non-hydrogen) atoms. The molecule has 0 aromatic heterocycles. The molecule has 3 rings (SSSR count). The first-order chi connectivity index (χ1) is 10.1. The van der Waals surface area contributed by atoms with Crippen LogP contribution < -0.4 is 0 Å². The number of carbonyl (C=O) groups is 2. The molecule has 0 bridgehead atoms. The molecule has 2 heterocycles. The Labute approximate surface area is 125 Å². The zero-order chi connectivity index (χ0) is 15.0. The number of likely N-dealkylation sites (tertiary alicyclic amines) is 1. The summed E-state index contributed by atoms with van der Waals surface area (Å²) in [7, 11) is 0. The van der Waals surface area contributed by atoms with Crippen LogP contribution in [0.15, 0.2) is 0 Å². The second-order valence-corrected chi connectivity index (χ2v) is 6.87. The van der Waals surface area contributed by atoms with Gasteiger partial charge in [-0.05, 0) is 43.4 Å². The third kappa shape index (κ3) is 2.68. The quantitative estimate of drug-likeness (QED) is 0.861. The van der Waals surface area contributed by atoms with Crippen molar-refractivity contribution in [3.63, 3.8) is 0 Å². The second-order valence-electron chi connectivity index (χ2n) is 6.87. The summed E-state index contributed by atoms with van der Waals surface area (Å²) in [5.74, 6) is 0.0432. The number of carbonyl (C=O) groups excluding carboxylic acids is 1. The van der Waals surface area contributed by atoms with E-state index in [0.29, 0.717) is 18.4 Å². The Morgan fingerprint density at radius 2 is 1.90 bits per heavy atom. The Hall–Kier alpha value is -1.10. The van der Waals surface area contributed by atoms with Gasteiger partial charge in [-0.25, -0.2) is 4.79 Å². The lowest BCUT2D eigenvalue weighted by molar-refractivity contribution is -0.152. The van der Waals surface area contributed by atoms with E-state index in [4.69, 9.17) is 4.74 Å². The van der Waals surface area contributed by atoms with Gasteiger partial charge in [-0.3, -0.25) is 4.79 Å². The molecule has 2 aliphatic heterocycles. The lowest BCUT2D eigenvalue weighted by Gasteiger charge is -2.32. The Morgan fingerprint density at radius 1 is 1.19 bits per heavy atom. The third-order valence-electron chi connectivity index (χ3n) is 5.79. The van der Waals surface area contributed by atoms with Crippen molar-refractivity contribution in [1.29, 1.82) is 0 Å². The summed E-state index contributed by atoms with van der Waals surface area (Å²) in [6.07, 6.45) is 4.95. The van der Waals surface area contributed by atoms with Crippen molar-refractivity contribution in [3.05, 3.63) is 0 Å². The molecule has 0 radical (unpaired) electrons. The Kier molecular flexibility index (Phi) is 4.20. The van der Waals surface area contributed by atoms with Gasteiger partial charge in [0.1, 0.15) is 6.04 Å². The first kappa shape index (κ1) is 14.8. The highest BCUT2D eigenvalue weighted by molar-refractivity contribution is 5.86. The molecule has 4 unspecified atom stereocenters. The van der Waals surface area contributed by atoms with E-state index < -0.39 is 12.0 Å². The molecule has 2 saturated heterocycles. The topological polar surface area (TPSA) is 66.8 Å². The molecule has 1 N–H and O–H groups in total. The van der Waals surface area contributed by atoms with Crippen LogP contribution in [0, 0.1) is 23.7 Å². The number of ether oxygens (including phenoxy) is 1. The predicted molar refractivity (Wildman–Crippen MR) is 76.7 cm³/mol. The first-order valence-electron chi connectivity index (χ1n) is 8.20. The standard InChI is InChI=1S/C16H25NO4/c1-10(11-5-7-21-8-6-11)15(18)17-9-12-3-2-4-13(12)14(17)16(19)20/h10-14H,2-9H2,1H3,(H,19,20). The van der Waals surface area contributed by atoms with Gasteiger partial charge in [-0.1, -0.05) is 13.3 Å². The fourth-order valence-corrected chi connectivity index (χ4v) is 4.53. The highest BCUT2D eigenvalue weighted by Gasteiger charge is 2.50. The number of nitrogens with zero attached hydrogens (tertiary/aromatic N) is 1. The summed E-state index contributed by atoms with van der Waals surface area (Å²) in [6.45, 7) is 4.05. The molecular weight excluding hydrogens is 270 g/mol. The molecule has 0 spiro atoms. The van der Waals surface area contributed by atoms with Crippen LogP contribution in [0.5, 0.6) is 0 Å². The molecule has 5 nitrogen and oxygen atoms in total. The van der Waals surface area contributed by atoms with Crippen LogP contribution in [0.25, 0.3) is 0 Å². The minimum atomic E-state index is -0.822. The van der Waals surface area contributed by atoms with Crippen LogP contribution in [0.1, 0.15) is 39.0 Å². The number of carboxylic acids is 1. The van der Waals surface area contributed by atoms with Crippen LogP contribution in [0.4, 0.5) is 0 Å². The van der Waals surface area contributed by atoms with E-state index >= 15 is 0 Å². The van der Waals surface area contributed by atoms with Crippen molar-refractivity contribution in [2.45, 2.75) is 45.1 Å². The van der Waals surface area contributed by atoms with E-state index in [2.05, 4.69) is 0 Å². The molecule has 0 aromatic rings. The number of rotatable bonds is 3. The third-order valence-corrected chi connectivity index (χ3v) is 5.79. The summed E-state index contributed by atoms with van der Waals surface area (Å²) >= 11 is 0. The zero-order valence-electron chi connectivity index (χ0n) is 12.7. The summed E-state index contributed by atoms with van der Waals surface area (Å²) in [5.41, 5.74) is 0. The second kappa shape index (κ2) is 5.95. The van der Waals surface area contributed by atoms with Gasteiger partial charge in [-0.15, -0.1) is 0 Å². The van der Waals surface area contributed by atoms with Gasteiger partial charge < -0.3 is 14.7 Å². The number of aliphatic carboxylic acids is 1. The molecule has 1 aliphatic carbocycles. The van der Waals surface area contributed by atoms with Crippen LogP contribution in [0.2, 0.25) is 0 Å². The lowest BCUT2D eigenvalue weighted by Crippen LogP contribution is -2.47. The minimum absolute atomic E-state index is 0.0451. The zero-order valence-corrected chi connectivity index (χ0v) is 12.7. The molecular formula is C16H25NO4. The van der Waals surface area contributed by atoms with Crippen LogP contribution in [-0.4, -0.2) is 47.7 Å². The maximum atomic E-state index is 12.8. The van der Waals surface area contributed by atoms with E-state index in [0.717, 1.165) is 45.3 Å². The fraction of sp³-hybridized carbons (Fsp3) is 0.875. The van der Waals surface area contributed by atoms with E-state index in [1.54, 1.807) is 4.90 Å². The predicted octanol–water partition coefficient (Wildman–Crippen LogP) is 1.76. The number of fused-ring (bicyclic) bond motifs is 1. The van der Waals surface area contributed by atoms with Gasteiger partial charge in [0.25, 0.3) is 0 Å². The smallest absolute Gasteiger partial charge is 0.326 e. The fourth-order valence-electron chi connectivity index (χ4n) is 4.53. The molecule has 3 aliphatic rings. The van der Waals surface area contributed by atoms with Crippen molar-refractivity contribution in [1.82, 2.24) is 4.90 Å². The highest BCUT2D eigenvalue weighted by Crippen LogP contribution is 2.43. The SMILES string of the molecule is CC(C(=O)N1CC2CCCC2C1C(=O)O)C1CCOCC1. The maximum Gasteiger partial charge on any atom is 0.326 e. The van der Waals surface area contributed by atoms with Gasteiger partial charge in [0.2, 0.25) is 5.91 Å². The number of hydrogen-bond donors (Lipinski definition) is 1. The largest absolute Gasteiger partial charge is 0.480 e. The highest BCUT2D eigenvalue weighted by atomic mass is 16.5. The monoisotopic (exact) mass is 295 g/mol. The summed E-state index contributed by atoms with van der Waals surface area (Å²) < 4.78 is 5.36. The van der Waals surface area contributed by atoms with Crippen molar-refractivity contribution in [2.24, 2.45) is 23.7 Å². The van der Waals surface area contributed by atoms with Gasteiger partial charge >= 0.3 is 5.97 Å². The van der Waals surface area contributed by atoms with Gasteiger partial charge in [0, 0.05) is 25.7 Å². The average Bonchev–Trinajstić information content (AvgIpc) is 3.06. The summed E-state index contributed by atoms with van der Waals surface area (Å²) in [6, 6.07) is -0.590. The maximum absolute atomic E-state index is 12.8. The van der Waals surface area contributed by atoms with Crippen molar-refractivity contribution in [3.8, 4) is 0 Å². The van der Waals surface area contributed by atoms with E-state index in [9.17, 15) is 14.7 Å². The van der Waals surface area contributed by atoms with Gasteiger partial charge in [0.15, 0.2) is 0 Å². The normalized spacial score (nSPS) is 34.7. The lowest BCUT2D eigenvalue weighted by atomic mass is 9.86. The van der Waals surface area contributed by atoms with Crippen molar-refractivity contribution >= 4 is 11.9 Å². The molecule has 0 aromatic carbocycles. The molecule has 5 heteroatoms. The molecule has 1 saturated carbocycles. The van der Waals surface area contributed by atoms with Gasteiger partial charge in [0.05, 0.1) is 0 Å². The van der Waals surface area contributed by atoms with Crippen LogP contribution in [-0.2, 0) is 14.3 Å². The Bertz CT molecular complexity index is 419. The number of amides is 1. The number of hydrogen-bond acceptors (Lipinski definition) is 3. The summed E-state index contributed by atoms with van der Waals surface area (Å²) in [4.78, 5) is 26.1. The number of carboxylic acid groups (broad SMARTS) is 1. The van der Waals surface area contributed by atoms with E-state index in [1.165, 1.54) is 0 Å². The minimum Gasteiger partial charge on any atom is -0.480 e. The molecule has 1 amide bonds. The Balaban J connectivity index is 1.72. The first-order valence-corrected chi connectivity index (χ1v) is 8.20. The summed E-state index contributed by atoms with van der Waals surface area (Å²) in [5, 5.41) is 9.56. The van der Waals surface area contributed by atoms with Gasteiger partial charge in [-0.2, -0.15) is 0 Å². The van der Waals surface area contributed by atoms with Crippen LogP contribution in [0.3, 0.4) is 0 Å². The van der Waals surface area contributed by atoms with Crippen molar-refractivity contribution < 1.29 is 19.4 Å². The molecule has 3 fully saturated rings. The van der Waals surface area contributed by atoms with Crippen molar-refractivity contribution in [2.75, 3.05) is 19.8 Å². The molecule has 4 atom stereocenters. The Morgan fingerprint density at radius 3 is 2.57 bits per heavy atom. The van der Waals surface area contributed by atoms with Crippen LogP contribution >= 0.6 is 0 Å². The van der Waals surface area contributed by atoms with E-state index in [1.807, 2.05) is 6.92 Å². The average molecular weight is 295 g/mol. The molecule has 118 valence electrons. The van der Waals surface area contributed by atoms with E-state index in [-0.39, 0.29) is 17.7 Å².